The molecule has 0 spiro atoms. The third-order valence-electron chi connectivity index (χ3n) is 5.39. The lowest BCUT2D eigenvalue weighted by Crippen LogP contribution is -2.26. The van der Waals surface area contributed by atoms with Crippen LogP contribution in [0.5, 0.6) is 0 Å². The summed E-state index contributed by atoms with van der Waals surface area (Å²) in [5, 5.41) is 3.72. The van der Waals surface area contributed by atoms with Gasteiger partial charge in [-0.15, -0.1) is 0 Å². The van der Waals surface area contributed by atoms with Gasteiger partial charge in [0.2, 0.25) is 5.91 Å². The Kier molecular flexibility index (Phi) is 4.23. The highest BCUT2D eigenvalue weighted by atomic mass is 19.1. The predicted molar refractivity (Wildman–Crippen MR) is 102 cm³/mol. The number of aryl methyl sites for hydroxylation is 2. The van der Waals surface area contributed by atoms with Crippen molar-refractivity contribution in [1.29, 1.82) is 0 Å². The third kappa shape index (κ3) is 2.80. The number of amides is 1. The molecule has 0 bridgehead atoms. The number of nitrogens with one attached hydrogen (secondary N) is 2. The minimum absolute atomic E-state index is 0.0599. The molecule has 2 heterocycles. The van der Waals surface area contributed by atoms with E-state index in [0.29, 0.717) is 39.7 Å². The summed E-state index contributed by atoms with van der Waals surface area (Å²) in [6.07, 6.45) is -1.26. The van der Waals surface area contributed by atoms with Gasteiger partial charge in [-0.1, -0.05) is 18.2 Å². The molecule has 1 amide bonds. The number of alkyl halides is 1. The molecule has 27 heavy (non-hydrogen) atoms. The number of primary amides is 1. The molecule has 140 valence electrons. The fourth-order valence-electron chi connectivity index (χ4n) is 4.07. The Morgan fingerprint density at radius 2 is 2.11 bits per heavy atom. The van der Waals surface area contributed by atoms with Crippen molar-refractivity contribution in [1.82, 2.24) is 10.3 Å². The van der Waals surface area contributed by atoms with Gasteiger partial charge in [0.15, 0.2) is 0 Å². The Hall–Kier alpha value is -2.73. The zero-order valence-electron chi connectivity index (χ0n) is 15.2. The van der Waals surface area contributed by atoms with Crippen LogP contribution in [0.15, 0.2) is 24.3 Å². The van der Waals surface area contributed by atoms with Gasteiger partial charge in [-0.25, -0.2) is 8.78 Å². The van der Waals surface area contributed by atoms with Crippen LogP contribution in [0.2, 0.25) is 0 Å². The van der Waals surface area contributed by atoms with Crippen LogP contribution in [-0.2, 0) is 17.8 Å². The van der Waals surface area contributed by atoms with Gasteiger partial charge in [-0.2, -0.15) is 0 Å². The van der Waals surface area contributed by atoms with Crippen molar-refractivity contribution in [3.05, 3.63) is 58.0 Å². The highest BCUT2D eigenvalue weighted by molar-refractivity contribution is 6.02. The number of rotatable bonds is 3. The first kappa shape index (κ1) is 17.7. The molecule has 4 rings (SSSR count). The first-order valence-electron chi connectivity index (χ1n) is 8.94. The largest absolute Gasteiger partial charge is 0.369 e. The van der Waals surface area contributed by atoms with E-state index in [1.807, 2.05) is 26.0 Å². The molecule has 1 unspecified atom stereocenters. The quantitative estimate of drug-likeness (QED) is 0.658. The molecule has 6 heteroatoms. The van der Waals surface area contributed by atoms with Gasteiger partial charge in [0.25, 0.3) is 0 Å². The molecule has 1 aliphatic heterocycles. The molecule has 3 aromatic rings. The molecule has 4 nitrogen and oxygen atoms in total. The van der Waals surface area contributed by atoms with Crippen LogP contribution in [0.3, 0.4) is 0 Å². The monoisotopic (exact) mass is 369 g/mol. The second-order valence-electron chi connectivity index (χ2n) is 7.14. The van der Waals surface area contributed by atoms with Crippen LogP contribution in [0.1, 0.15) is 34.1 Å². The van der Waals surface area contributed by atoms with Crippen LogP contribution >= 0.6 is 0 Å². The normalized spacial score (nSPS) is 16.5. The maximum atomic E-state index is 15.3. The molecule has 0 saturated carbocycles. The van der Waals surface area contributed by atoms with Crippen molar-refractivity contribution in [2.24, 2.45) is 5.73 Å². The SMILES string of the molecule is Cc1[nH]c2c(CC(N)=O)cc(F)c(-c3cccc4c3C(F)CNC4)c2c1C. The highest BCUT2D eigenvalue weighted by Gasteiger charge is 2.27. The number of benzene rings is 2. The molecular weight excluding hydrogens is 348 g/mol. The standard InChI is InChI=1S/C21H21F2N3O/c1-10-11(2)26-21-13(7-17(24)27)6-15(22)20(18(10)21)14-5-3-4-12-8-25-9-16(23)19(12)14/h3-6,16,25-26H,7-9H2,1-2H3,(H2,24,27). The molecule has 0 fully saturated rings. The Labute approximate surface area is 155 Å². The summed E-state index contributed by atoms with van der Waals surface area (Å²) in [7, 11) is 0. The number of aromatic amines is 1. The zero-order chi connectivity index (χ0) is 19.3. The van der Waals surface area contributed by atoms with Gasteiger partial charge in [0.1, 0.15) is 12.0 Å². The number of carbonyl (C=O) groups is 1. The molecular formula is C21H21F2N3O. The number of hydrogen-bond acceptors (Lipinski definition) is 2. The molecule has 1 atom stereocenters. The Morgan fingerprint density at radius 1 is 1.33 bits per heavy atom. The summed E-state index contributed by atoms with van der Waals surface area (Å²) >= 11 is 0. The lowest BCUT2D eigenvalue weighted by molar-refractivity contribution is -0.117. The van der Waals surface area contributed by atoms with E-state index in [-0.39, 0.29) is 13.0 Å². The second kappa shape index (κ2) is 6.46. The van der Waals surface area contributed by atoms with Gasteiger partial charge in [0, 0.05) is 29.7 Å². The minimum atomic E-state index is -1.20. The molecule has 0 aliphatic carbocycles. The average molecular weight is 369 g/mol. The van der Waals surface area contributed by atoms with E-state index >= 15 is 4.39 Å². The molecule has 0 radical (unpaired) electrons. The Bertz CT molecular complexity index is 1070. The van der Waals surface area contributed by atoms with Crippen molar-refractivity contribution < 1.29 is 13.6 Å². The average Bonchev–Trinajstić information content (AvgIpc) is 2.90. The molecule has 0 saturated heterocycles. The van der Waals surface area contributed by atoms with E-state index in [9.17, 15) is 9.18 Å². The molecule has 4 N–H and O–H groups in total. The minimum Gasteiger partial charge on any atom is -0.369 e. The lowest BCUT2D eigenvalue weighted by Gasteiger charge is -2.24. The summed E-state index contributed by atoms with van der Waals surface area (Å²) in [6.45, 7) is 4.56. The van der Waals surface area contributed by atoms with Crippen molar-refractivity contribution in [2.45, 2.75) is 33.0 Å². The lowest BCUT2D eigenvalue weighted by atomic mass is 9.87. The van der Waals surface area contributed by atoms with Crippen molar-refractivity contribution >= 4 is 16.8 Å². The third-order valence-corrected chi connectivity index (χ3v) is 5.39. The summed E-state index contributed by atoms with van der Waals surface area (Å²) in [4.78, 5) is 14.7. The van der Waals surface area contributed by atoms with Crippen LogP contribution in [-0.4, -0.2) is 17.4 Å². The van der Waals surface area contributed by atoms with Crippen LogP contribution in [0.25, 0.3) is 22.0 Å². The number of hydrogen-bond donors (Lipinski definition) is 3. The summed E-state index contributed by atoms with van der Waals surface area (Å²) < 4.78 is 30.1. The van der Waals surface area contributed by atoms with E-state index in [0.717, 1.165) is 16.8 Å². The first-order chi connectivity index (χ1) is 12.9. The van der Waals surface area contributed by atoms with Gasteiger partial charge >= 0.3 is 0 Å². The van der Waals surface area contributed by atoms with E-state index in [4.69, 9.17) is 5.73 Å². The second-order valence-corrected chi connectivity index (χ2v) is 7.14. The predicted octanol–water partition coefficient (Wildman–Crippen LogP) is 3.73. The number of carbonyl (C=O) groups excluding carboxylic acids is 1. The van der Waals surface area contributed by atoms with E-state index in [2.05, 4.69) is 10.3 Å². The number of fused-ring (bicyclic) bond motifs is 2. The van der Waals surface area contributed by atoms with Gasteiger partial charge in [0.05, 0.1) is 11.9 Å². The molecule has 1 aromatic heterocycles. The van der Waals surface area contributed by atoms with Gasteiger partial charge < -0.3 is 16.0 Å². The van der Waals surface area contributed by atoms with Gasteiger partial charge in [-0.05, 0) is 47.7 Å². The summed E-state index contributed by atoms with van der Waals surface area (Å²) in [5.74, 6) is -1.000. The van der Waals surface area contributed by atoms with E-state index < -0.39 is 17.9 Å². The summed E-state index contributed by atoms with van der Waals surface area (Å²) in [5.41, 5.74) is 10.6. The Morgan fingerprint density at radius 3 is 2.85 bits per heavy atom. The number of H-pyrrole nitrogens is 1. The topological polar surface area (TPSA) is 70.9 Å². The molecule has 2 aromatic carbocycles. The van der Waals surface area contributed by atoms with Crippen molar-refractivity contribution in [3.8, 4) is 11.1 Å². The van der Waals surface area contributed by atoms with Crippen molar-refractivity contribution in [2.75, 3.05) is 6.54 Å². The van der Waals surface area contributed by atoms with Gasteiger partial charge in [-0.3, -0.25) is 4.79 Å². The maximum absolute atomic E-state index is 15.3. The van der Waals surface area contributed by atoms with Crippen LogP contribution < -0.4 is 11.1 Å². The number of halogens is 2. The maximum Gasteiger partial charge on any atom is 0.221 e. The fraction of sp³-hybridized carbons (Fsp3) is 0.286. The van der Waals surface area contributed by atoms with E-state index in [1.54, 1.807) is 6.07 Å². The smallest absolute Gasteiger partial charge is 0.221 e. The van der Waals surface area contributed by atoms with Crippen molar-refractivity contribution in [3.63, 3.8) is 0 Å². The fourth-order valence-corrected chi connectivity index (χ4v) is 4.07. The first-order valence-corrected chi connectivity index (χ1v) is 8.94. The summed E-state index contributed by atoms with van der Waals surface area (Å²) in [6, 6.07) is 6.80. The highest BCUT2D eigenvalue weighted by Crippen LogP contribution is 2.42. The number of aromatic nitrogens is 1. The zero-order valence-corrected chi connectivity index (χ0v) is 15.2. The number of nitrogens with two attached hydrogens (primary N) is 1. The molecule has 1 aliphatic rings. The van der Waals surface area contributed by atoms with E-state index in [1.165, 1.54) is 6.07 Å². The van der Waals surface area contributed by atoms with Crippen LogP contribution in [0.4, 0.5) is 8.78 Å². The van der Waals surface area contributed by atoms with Crippen LogP contribution in [0, 0.1) is 19.7 Å². The Balaban J connectivity index is 2.07.